The van der Waals surface area contributed by atoms with Gasteiger partial charge in [0.1, 0.15) is 6.33 Å². The molecule has 1 aromatic heterocycles. The maximum Gasteiger partial charge on any atom is 0.115 e. The van der Waals surface area contributed by atoms with Gasteiger partial charge in [-0.2, -0.15) is 0 Å². The summed E-state index contributed by atoms with van der Waals surface area (Å²) < 4.78 is 0. The van der Waals surface area contributed by atoms with Gasteiger partial charge < -0.3 is 10.6 Å². The summed E-state index contributed by atoms with van der Waals surface area (Å²) in [6.45, 7) is 2.60. The summed E-state index contributed by atoms with van der Waals surface area (Å²) in [6.07, 6.45) is 4.44. The van der Waals surface area contributed by atoms with Crippen LogP contribution in [-0.2, 0) is 6.54 Å². The van der Waals surface area contributed by atoms with Gasteiger partial charge >= 0.3 is 0 Å². The molecule has 0 aliphatic carbocycles. The van der Waals surface area contributed by atoms with Crippen molar-refractivity contribution in [1.82, 2.24) is 9.97 Å². The number of nitrogens with two attached hydrogens (primary N) is 1. The molecular weight excluding hydrogens is 236 g/mol. The summed E-state index contributed by atoms with van der Waals surface area (Å²) in [5, 5.41) is 0. The molecule has 98 valence electrons. The lowest BCUT2D eigenvalue weighted by Gasteiger charge is -2.19. The molecule has 0 spiro atoms. The van der Waals surface area contributed by atoms with Crippen LogP contribution < -0.4 is 10.6 Å². The second-order valence-corrected chi connectivity index (χ2v) is 4.91. The third-order valence-corrected chi connectivity index (χ3v) is 3.67. The van der Waals surface area contributed by atoms with E-state index in [-0.39, 0.29) is 0 Å². The van der Waals surface area contributed by atoms with E-state index >= 15 is 0 Å². The first kappa shape index (κ1) is 12.1. The Bertz CT molecular complexity index is 541. The van der Waals surface area contributed by atoms with E-state index in [0.29, 0.717) is 5.92 Å². The molecule has 0 radical (unpaired) electrons. The van der Waals surface area contributed by atoms with Gasteiger partial charge in [0.15, 0.2) is 0 Å². The van der Waals surface area contributed by atoms with Crippen LogP contribution in [0.3, 0.4) is 0 Å². The SMILES string of the molecule is NCCC1CN(Cc2ccncn2)c2ccccc21. The van der Waals surface area contributed by atoms with Crippen LogP contribution in [0.15, 0.2) is 42.9 Å². The lowest BCUT2D eigenvalue weighted by Crippen LogP contribution is -2.22. The predicted octanol–water partition coefficient (Wildman–Crippen LogP) is 1.93. The lowest BCUT2D eigenvalue weighted by atomic mass is 9.98. The topological polar surface area (TPSA) is 55.0 Å². The molecule has 1 aliphatic heterocycles. The van der Waals surface area contributed by atoms with Crippen molar-refractivity contribution in [2.24, 2.45) is 5.73 Å². The zero-order valence-corrected chi connectivity index (χ0v) is 10.9. The molecule has 1 unspecified atom stereocenters. The van der Waals surface area contributed by atoms with Gasteiger partial charge in [-0.05, 0) is 30.7 Å². The van der Waals surface area contributed by atoms with Crippen LogP contribution in [0.25, 0.3) is 0 Å². The van der Waals surface area contributed by atoms with E-state index in [2.05, 4.69) is 39.1 Å². The van der Waals surface area contributed by atoms with E-state index in [0.717, 1.165) is 31.7 Å². The standard InChI is InChI=1S/C15H18N4/c16-7-5-12-9-19(10-13-6-8-17-11-18-13)15-4-2-1-3-14(12)15/h1-4,6,8,11-12H,5,7,9-10,16H2. The third kappa shape index (κ3) is 2.44. The van der Waals surface area contributed by atoms with Crippen molar-refractivity contribution >= 4 is 5.69 Å². The predicted molar refractivity (Wildman–Crippen MR) is 75.9 cm³/mol. The summed E-state index contributed by atoms with van der Waals surface area (Å²) in [6, 6.07) is 10.6. The first-order chi connectivity index (χ1) is 9.38. The maximum atomic E-state index is 5.72. The summed E-state index contributed by atoms with van der Waals surface area (Å²) >= 11 is 0. The lowest BCUT2D eigenvalue weighted by molar-refractivity contribution is 0.641. The number of hydrogen-bond acceptors (Lipinski definition) is 4. The number of anilines is 1. The molecule has 0 saturated heterocycles. The number of rotatable bonds is 4. The van der Waals surface area contributed by atoms with Crippen LogP contribution in [0.5, 0.6) is 0 Å². The van der Waals surface area contributed by atoms with Crippen LogP contribution in [0.2, 0.25) is 0 Å². The van der Waals surface area contributed by atoms with Gasteiger partial charge in [-0.15, -0.1) is 0 Å². The van der Waals surface area contributed by atoms with Crippen molar-refractivity contribution in [1.29, 1.82) is 0 Å². The molecule has 2 aromatic rings. The molecule has 0 saturated carbocycles. The van der Waals surface area contributed by atoms with E-state index in [1.807, 2.05) is 6.07 Å². The Morgan fingerprint density at radius 3 is 2.95 bits per heavy atom. The van der Waals surface area contributed by atoms with Crippen LogP contribution in [-0.4, -0.2) is 23.1 Å². The van der Waals surface area contributed by atoms with Gasteiger partial charge in [-0.1, -0.05) is 18.2 Å². The molecule has 4 heteroatoms. The highest BCUT2D eigenvalue weighted by Crippen LogP contribution is 2.38. The van der Waals surface area contributed by atoms with Crippen molar-refractivity contribution in [3.63, 3.8) is 0 Å². The fraction of sp³-hybridized carbons (Fsp3) is 0.333. The highest BCUT2D eigenvalue weighted by atomic mass is 15.2. The monoisotopic (exact) mass is 254 g/mol. The summed E-state index contributed by atoms with van der Waals surface area (Å²) in [4.78, 5) is 10.7. The molecule has 2 heterocycles. The van der Waals surface area contributed by atoms with Gasteiger partial charge in [-0.3, -0.25) is 0 Å². The minimum atomic E-state index is 0.544. The molecular formula is C15H18N4. The van der Waals surface area contributed by atoms with Gasteiger partial charge in [0.25, 0.3) is 0 Å². The van der Waals surface area contributed by atoms with Crippen molar-refractivity contribution in [2.45, 2.75) is 18.9 Å². The van der Waals surface area contributed by atoms with Crippen molar-refractivity contribution < 1.29 is 0 Å². The Morgan fingerprint density at radius 1 is 1.26 bits per heavy atom. The molecule has 0 bridgehead atoms. The van der Waals surface area contributed by atoms with E-state index in [9.17, 15) is 0 Å². The maximum absolute atomic E-state index is 5.72. The molecule has 3 rings (SSSR count). The van der Waals surface area contributed by atoms with Crippen molar-refractivity contribution in [3.05, 3.63) is 54.1 Å². The molecule has 1 aromatic carbocycles. The first-order valence-corrected chi connectivity index (χ1v) is 6.67. The Morgan fingerprint density at radius 2 is 2.16 bits per heavy atom. The number of hydrogen-bond donors (Lipinski definition) is 1. The summed E-state index contributed by atoms with van der Waals surface area (Å²) in [5.41, 5.74) is 9.52. The van der Waals surface area contributed by atoms with Crippen LogP contribution in [0, 0.1) is 0 Å². The Kier molecular flexibility index (Phi) is 3.42. The Hall–Kier alpha value is -1.94. The van der Waals surface area contributed by atoms with Gasteiger partial charge in [0, 0.05) is 24.3 Å². The average molecular weight is 254 g/mol. The molecule has 1 aliphatic rings. The second kappa shape index (κ2) is 5.36. The molecule has 2 N–H and O–H groups in total. The average Bonchev–Trinajstić information content (AvgIpc) is 2.79. The number of fused-ring (bicyclic) bond motifs is 1. The first-order valence-electron chi connectivity index (χ1n) is 6.67. The minimum Gasteiger partial charge on any atom is -0.365 e. The number of aromatic nitrogens is 2. The fourth-order valence-electron chi connectivity index (χ4n) is 2.79. The normalized spacial score (nSPS) is 17.5. The number of benzene rings is 1. The molecule has 4 nitrogen and oxygen atoms in total. The fourth-order valence-corrected chi connectivity index (χ4v) is 2.79. The zero-order valence-electron chi connectivity index (χ0n) is 10.9. The molecule has 0 amide bonds. The van der Waals surface area contributed by atoms with E-state index in [1.54, 1.807) is 12.5 Å². The molecule has 0 fully saturated rings. The number of para-hydroxylation sites is 1. The second-order valence-electron chi connectivity index (χ2n) is 4.91. The smallest absolute Gasteiger partial charge is 0.115 e. The Labute approximate surface area is 113 Å². The van der Waals surface area contributed by atoms with E-state index < -0.39 is 0 Å². The molecule has 19 heavy (non-hydrogen) atoms. The van der Waals surface area contributed by atoms with E-state index in [4.69, 9.17) is 5.73 Å². The van der Waals surface area contributed by atoms with Crippen LogP contribution >= 0.6 is 0 Å². The van der Waals surface area contributed by atoms with Gasteiger partial charge in [0.2, 0.25) is 0 Å². The third-order valence-electron chi connectivity index (χ3n) is 3.67. The molecule has 1 atom stereocenters. The van der Waals surface area contributed by atoms with Gasteiger partial charge in [-0.25, -0.2) is 9.97 Å². The summed E-state index contributed by atoms with van der Waals surface area (Å²) in [7, 11) is 0. The van der Waals surface area contributed by atoms with E-state index in [1.165, 1.54) is 11.3 Å². The highest BCUT2D eigenvalue weighted by molar-refractivity contribution is 5.60. The Balaban J connectivity index is 1.84. The highest BCUT2D eigenvalue weighted by Gasteiger charge is 2.27. The van der Waals surface area contributed by atoms with Gasteiger partial charge in [0.05, 0.1) is 12.2 Å². The van der Waals surface area contributed by atoms with Crippen LogP contribution in [0.1, 0.15) is 23.6 Å². The minimum absolute atomic E-state index is 0.544. The summed E-state index contributed by atoms with van der Waals surface area (Å²) in [5.74, 6) is 0.544. The van der Waals surface area contributed by atoms with Crippen molar-refractivity contribution in [3.8, 4) is 0 Å². The largest absolute Gasteiger partial charge is 0.365 e. The zero-order chi connectivity index (χ0) is 13.1. The van der Waals surface area contributed by atoms with Crippen molar-refractivity contribution in [2.75, 3.05) is 18.0 Å². The quantitative estimate of drug-likeness (QED) is 0.905. The van der Waals surface area contributed by atoms with Crippen LogP contribution in [0.4, 0.5) is 5.69 Å². The number of nitrogens with zero attached hydrogens (tertiary/aromatic N) is 3.